The number of hydrogen-bond donors (Lipinski definition) is 2. The Bertz CT molecular complexity index is 273. The van der Waals surface area contributed by atoms with E-state index in [1.54, 1.807) is 0 Å². The van der Waals surface area contributed by atoms with E-state index in [1.807, 2.05) is 31.2 Å². The van der Waals surface area contributed by atoms with Gasteiger partial charge in [-0.05, 0) is 12.5 Å². The third-order valence-corrected chi connectivity index (χ3v) is 1.87. The standard InChI is InChI=1S/C11H16O3/c1-9-3-2-4-10(5-9)7-14-8-11(13)6-12/h2-5,11-13H,6-8H2,1H3. The highest BCUT2D eigenvalue weighted by Gasteiger charge is 2.01. The fourth-order valence-electron chi connectivity index (χ4n) is 1.17. The van der Waals surface area contributed by atoms with Gasteiger partial charge in [-0.15, -0.1) is 0 Å². The Morgan fingerprint density at radius 1 is 1.43 bits per heavy atom. The first-order valence-corrected chi connectivity index (χ1v) is 4.64. The van der Waals surface area contributed by atoms with Gasteiger partial charge in [0.25, 0.3) is 0 Å². The molecule has 0 saturated carbocycles. The van der Waals surface area contributed by atoms with Crippen molar-refractivity contribution in [3.8, 4) is 0 Å². The first kappa shape index (κ1) is 11.2. The van der Waals surface area contributed by atoms with Gasteiger partial charge in [0.05, 0.1) is 19.8 Å². The molecule has 0 saturated heterocycles. The minimum atomic E-state index is -0.778. The van der Waals surface area contributed by atoms with Crippen LogP contribution in [0.2, 0.25) is 0 Å². The second kappa shape index (κ2) is 5.75. The second-order valence-electron chi connectivity index (χ2n) is 3.34. The minimum absolute atomic E-state index is 0.171. The fourth-order valence-corrected chi connectivity index (χ4v) is 1.17. The molecule has 14 heavy (non-hydrogen) atoms. The molecule has 0 fully saturated rings. The van der Waals surface area contributed by atoms with Gasteiger partial charge in [0, 0.05) is 0 Å². The van der Waals surface area contributed by atoms with Crippen molar-refractivity contribution in [2.45, 2.75) is 19.6 Å². The molecule has 2 N–H and O–H groups in total. The Morgan fingerprint density at radius 3 is 2.86 bits per heavy atom. The van der Waals surface area contributed by atoms with Gasteiger partial charge in [0.2, 0.25) is 0 Å². The van der Waals surface area contributed by atoms with Gasteiger partial charge in [-0.1, -0.05) is 29.8 Å². The minimum Gasteiger partial charge on any atom is -0.394 e. The highest BCUT2D eigenvalue weighted by Crippen LogP contribution is 2.05. The predicted molar refractivity (Wildman–Crippen MR) is 53.9 cm³/mol. The maximum atomic E-state index is 9.02. The van der Waals surface area contributed by atoms with Crippen molar-refractivity contribution in [3.63, 3.8) is 0 Å². The van der Waals surface area contributed by atoms with Crippen molar-refractivity contribution < 1.29 is 14.9 Å². The summed E-state index contributed by atoms with van der Waals surface area (Å²) in [6.07, 6.45) is -0.778. The van der Waals surface area contributed by atoms with Crippen LogP contribution in [0.4, 0.5) is 0 Å². The predicted octanol–water partition coefficient (Wildman–Crippen LogP) is 0.865. The smallest absolute Gasteiger partial charge is 0.100 e. The second-order valence-corrected chi connectivity index (χ2v) is 3.34. The monoisotopic (exact) mass is 196 g/mol. The molecular weight excluding hydrogens is 180 g/mol. The molecule has 3 nitrogen and oxygen atoms in total. The van der Waals surface area contributed by atoms with E-state index in [9.17, 15) is 0 Å². The molecule has 0 radical (unpaired) electrons. The number of rotatable bonds is 5. The molecule has 1 aromatic carbocycles. The van der Waals surface area contributed by atoms with E-state index in [2.05, 4.69) is 0 Å². The van der Waals surface area contributed by atoms with Crippen molar-refractivity contribution in [2.75, 3.05) is 13.2 Å². The topological polar surface area (TPSA) is 49.7 Å². The molecule has 0 amide bonds. The fraction of sp³-hybridized carbons (Fsp3) is 0.455. The van der Waals surface area contributed by atoms with Crippen molar-refractivity contribution in [1.29, 1.82) is 0 Å². The summed E-state index contributed by atoms with van der Waals surface area (Å²) in [6, 6.07) is 7.99. The number of benzene rings is 1. The number of ether oxygens (including phenoxy) is 1. The molecular formula is C11H16O3. The Morgan fingerprint density at radius 2 is 2.21 bits per heavy atom. The van der Waals surface area contributed by atoms with E-state index < -0.39 is 6.10 Å². The molecule has 3 heteroatoms. The number of aliphatic hydroxyl groups excluding tert-OH is 2. The Labute approximate surface area is 84.0 Å². The third-order valence-electron chi connectivity index (χ3n) is 1.87. The van der Waals surface area contributed by atoms with Crippen LogP contribution in [0.15, 0.2) is 24.3 Å². The Balaban J connectivity index is 2.31. The Hall–Kier alpha value is -0.900. The molecule has 1 rings (SSSR count). The van der Waals surface area contributed by atoms with Crippen LogP contribution in [0.5, 0.6) is 0 Å². The molecule has 1 atom stereocenters. The van der Waals surface area contributed by atoms with E-state index in [-0.39, 0.29) is 13.2 Å². The summed E-state index contributed by atoms with van der Waals surface area (Å²) in [7, 11) is 0. The van der Waals surface area contributed by atoms with Crippen LogP contribution in [-0.2, 0) is 11.3 Å². The third kappa shape index (κ3) is 3.87. The highest BCUT2D eigenvalue weighted by atomic mass is 16.5. The highest BCUT2D eigenvalue weighted by molar-refractivity contribution is 5.21. The molecule has 1 unspecified atom stereocenters. The van der Waals surface area contributed by atoms with E-state index in [1.165, 1.54) is 5.56 Å². The van der Waals surface area contributed by atoms with E-state index in [0.29, 0.717) is 6.61 Å². The lowest BCUT2D eigenvalue weighted by Gasteiger charge is -2.08. The molecule has 78 valence electrons. The zero-order valence-corrected chi connectivity index (χ0v) is 8.31. The van der Waals surface area contributed by atoms with Gasteiger partial charge in [-0.3, -0.25) is 0 Å². The molecule has 0 bridgehead atoms. The summed E-state index contributed by atoms with van der Waals surface area (Å²) in [5.41, 5.74) is 2.27. The van der Waals surface area contributed by atoms with Gasteiger partial charge < -0.3 is 14.9 Å². The SMILES string of the molecule is Cc1cccc(COCC(O)CO)c1. The average molecular weight is 196 g/mol. The normalized spacial score (nSPS) is 12.8. The number of hydrogen-bond acceptors (Lipinski definition) is 3. The lowest BCUT2D eigenvalue weighted by Crippen LogP contribution is -2.19. The van der Waals surface area contributed by atoms with Gasteiger partial charge in [0.1, 0.15) is 6.10 Å². The molecule has 0 heterocycles. The van der Waals surface area contributed by atoms with E-state index in [0.717, 1.165) is 5.56 Å². The Kier molecular flexibility index (Phi) is 4.59. The van der Waals surface area contributed by atoms with Crippen LogP contribution in [0.3, 0.4) is 0 Å². The number of aliphatic hydroxyl groups is 2. The largest absolute Gasteiger partial charge is 0.394 e. The molecule has 0 aliphatic heterocycles. The van der Waals surface area contributed by atoms with Crippen LogP contribution in [0.25, 0.3) is 0 Å². The maximum absolute atomic E-state index is 9.02. The lowest BCUT2D eigenvalue weighted by atomic mass is 10.1. The summed E-state index contributed by atoms with van der Waals surface area (Å²) in [5.74, 6) is 0. The van der Waals surface area contributed by atoms with Crippen LogP contribution in [0, 0.1) is 6.92 Å². The summed E-state index contributed by atoms with van der Waals surface area (Å²) in [4.78, 5) is 0. The first-order valence-electron chi connectivity index (χ1n) is 4.64. The van der Waals surface area contributed by atoms with Crippen LogP contribution >= 0.6 is 0 Å². The average Bonchev–Trinajstić information content (AvgIpc) is 2.17. The van der Waals surface area contributed by atoms with Gasteiger partial charge in [-0.2, -0.15) is 0 Å². The summed E-state index contributed by atoms with van der Waals surface area (Å²) in [6.45, 7) is 2.41. The first-order chi connectivity index (χ1) is 6.72. The van der Waals surface area contributed by atoms with E-state index in [4.69, 9.17) is 14.9 Å². The quantitative estimate of drug-likeness (QED) is 0.734. The van der Waals surface area contributed by atoms with Crippen LogP contribution in [-0.4, -0.2) is 29.5 Å². The molecule has 0 aliphatic carbocycles. The van der Waals surface area contributed by atoms with Gasteiger partial charge in [-0.25, -0.2) is 0 Å². The van der Waals surface area contributed by atoms with Gasteiger partial charge >= 0.3 is 0 Å². The van der Waals surface area contributed by atoms with Crippen molar-refractivity contribution in [3.05, 3.63) is 35.4 Å². The summed E-state index contributed by atoms with van der Waals surface area (Å²) >= 11 is 0. The molecule has 0 aliphatic rings. The van der Waals surface area contributed by atoms with Crippen molar-refractivity contribution >= 4 is 0 Å². The molecule has 0 spiro atoms. The molecule has 1 aromatic rings. The van der Waals surface area contributed by atoms with Gasteiger partial charge in [0.15, 0.2) is 0 Å². The number of aryl methyl sites for hydroxylation is 1. The zero-order chi connectivity index (χ0) is 10.4. The van der Waals surface area contributed by atoms with Crippen LogP contribution < -0.4 is 0 Å². The van der Waals surface area contributed by atoms with Crippen molar-refractivity contribution in [2.24, 2.45) is 0 Å². The van der Waals surface area contributed by atoms with Crippen LogP contribution in [0.1, 0.15) is 11.1 Å². The van der Waals surface area contributed by atoms with Crippen molar-refractivity contribution in [1.82, 2.24) is 0 Å². The summed E-state index contributed by atoms with van der Waals surface area (Å²) in [5, 5.41) is 17.6. The zero-order valence-electron chi connectivity index (χ0n) is 8.31. The maximum Gasteiger partial charge on any atom is 0.100 e. The van der Waals surface area contributed by atoms with E-state index >= 15 is 0 Å². The summed E-state index contributed by atoms with van der Waals surface area (Å²) < 4.78 is 5.22. The lowest BCUT2D eigenvalue weighted by molar-refractivity contribution is 0.0000163. The molecule has 0 aromatic heterocycles.